The van der Waals surface area contributed by atoms with E-state index in [1.165, 1.54) is 6.08 Å². The number of rotatable bonds is 4. The quantitative estimate of drug-likeness (QED) is 0.726. The van der Waals surface area contributed by atoms with E-state index in [-0.39, 0.29) is 19.1 Å². The Bertz CT molecular complexity index is 509. The average Bonchev–Trinajstić information content (AvgIpc) is 2.95. The average molecular weight is 265 g/mol. The van der Waals surface area contributed by atoms with E-state index in [2.05, 4.69) is 10.4 Å². The molecule has 1 amide bonds. The van der Waals surface area contributed by atoms with Crippen LogP contribution in [-0.2, 0) is 21.4 Å². The highest BCUT2D eigenvalue weighted by Gasteiger charge is 2.34. The van der Waals surface area contributed by atoms with Crippen LogP contribution in [0.2, 0.25) is 0 Å². The number of ether oxygens (including phenoxy) is 1. The Kier molecular flexibility index (Phi) is 3.96. The highest BCUT2D eigenvalue weighted by Crippen LogP contribution is 2.13. The van der Waals surface area contributed by atoms with Gasteiger partial charge >= 0.3 is 5.97 Å². The van der Waals surface area contributed by atoms with Crippen LogP contribution in [0, 0.1) is 5.92 Å². The Morgan fingerprint density at radius 3 is 3.00 bits per heavy atom. The molecule has 7 nitrogen and oxygen atoms in total. The molecule has 0 aliphatic carbocycles. The molecule has 2 heterocycles. The number of aliphatic carboxylic acids is 1. The molecule has 1 aliphatic heterocycles. The van der Waals surface area contributed by atoms with Crippen LogP contribution in [0.3, 0.4) is 0 Å². The van der Waals surface area contributed by atoms with Gasteiger partial charge in [0.2, 0.25) is 5.91 Å². The van der Waals surface area contributed by atoms with Crippen LogP contribution in [0.4, 0.5) is 0 Å². The van der Waals surface area contributed by atoms with Gasteiger partial charge in [-0.15, -0.1) is 0 Å². The standard InChI is InChI=1S/C12H15N3O4/c1-15-8(4-5-13-15)2-3-11(16)14-10-7-19-6-9(10)12(17)18/h2-5,9-10H,6-7H2,1H3,(H,14,16)(H,17,18). The summed E-state index contributed by atoms with van der Waals surface area (Å²) in [4.78, 5) is 22.6. The topological polar surface area (TPSA) is 93.5 Å². The highest BCUT2D eigenvalue weighted by atomic mass is 16.5. The van der Waals surface area contributed by atoms with Gasteiger partial charge in [0, 0.05) is 19.3 Å². The summed E-state index contributed by atoms with van der Waals surface area (Å²) < 4.78 is 6.70. The normalized spacial score (nSPS) is 22.8. The number of carboxylic acid groups (broad SMARTS) is 1. The van der Waals surface area contributed by atoms with Gasteiger partial charge in [-0.25, -0.2) is 0 Å². The molecule has 0 radical (unpaired) electrons. The molecule has 1 aromatic heterocycles. The summed E-state index contributed by atoms with van der Waals surface area (Å²) in [5.74, 6) is -1.99. The van der Waals surface area contributed by atoms with E-state index in [1.54, 1.807) is 30.1 Å². The Morgan fingerprint density at radius 2 is 2.37 bits per heavy atom. The van der Waals surface area contributed by atoms with E-state index in [4.69, 9.17) is 9.84 Å². The number of hydrogen-bond donors (Lipinski definition) is 2. The molecule has 19 heavy (non-hydrogen) atoms. The van der Waals surface area contributed by atoms with E-state index in [1.807, 2.05) is 0 Å². The number of aromatic nitrogens is 2. The minimum Gasteiger partial charge on any atom is -0.481 e. The Labute approximate surface area is 109 Å². The largest absolute Gasteiger partial charge is 0.481 e. The molecule has 2 atom stereocenters. The summed E-state index contributed by atoms with van der Waals surface area (Å²) >= 11 is 0. The van der Waals surface area contributed by atoms with Gasteiger partial charge < -0.3 is 15.2 Å². The van der Waals surface area contributed by atoms with E-state index in [0.717, 1.165) is 5.69 Å². The van der Waals surface area contributed by atoms with Crippen LogP contribution in [0.25, 0.3) is 6.08 Å². The van der Waals surface area contributed by atoms with Crippen LogP contribution in [0.5, 0.6) is 0 Å². The molecule has 1 aromatic rings. The smallest absolute Gasteiger partial charge is 0.311 e. The molecule has 0 bridgehead atoms. The molecule has 102 valence electrons. The third-order valence-electron chi connectivity index (χ3n) is 2.99. The van der Waals surface area contributed by atoms with Crippen molar-refractivity contribution in [3.8, 4) is 0 Å². The van der Waals surface area contributed by atoms with Crippen LogP contribution < -0.4 is 5.32 Å². The molecule has 2 rings (SSSR count). The van der Waals surface area contributed by atoms with Gasteiger partial charge in [0.05, 0.1) is 24.9 Å². The van der Waals surface area contributed by atoms with Crippen LogP contribution >= 0.6 is 0 Å². The fourth-order valence-corrected chi connectivity index (χ4v) is 1.88. The van der Waals surface area contributed by atoms with Crippen LogP contribution in [0.15, 0.2) is 18.3 Å². The van der Waals surface area contributed by atoms with Crippen molar-refractivity contribution in [2.75, 3.05) is 13.2 Å². The first-order valence-electron chi connectivity index (χ1n) is 5.85. The molecule has 2 N–H and O–H groups in total. The van der Waals surface area contributed by atoms with E-state index < -0.39 is 17.9 Å². The SMILES string of the molecule is Cn1nccc1C=CC(=O)NC1COCC1C(=O)O. The number of aryl methyl sites for hydroxylation is 1. The summed E-state index contributed by atoms with van der Waals surface area (Å²) in [7, 11) is 1.77. The van der Waals surface area contributed by atoms with Crippen LogP contribution in [0.1, 0.15) is 5.69 Å². The maximum atomic E-state index is 11.7. The van der Waals surface area contributed by atoms with Crippen molar-refractivity contribution in [1.29, 1.82) is 0 Å². The van der Waals surface area contributed by atoms with Crippen molar-refractivity contribution in [3.63, 3.8) is 0 Å². The first kappa shape index (κ1) is 13.3. The molecule has 0 spiro atoms. The number of nitrogens with zero attached hydrogens (tertiary/aromatic N) is 2. The predicted molar refractivity (Wildman–Crippen MR) is 66.1 cm³/mol. The molecule has 0 aromatic carbocycles. The van der Waals surface area contributed by atoms with E-state index in [9.17, 15) is 9.59 Å². The zero-order valence-corrected chi connectivity index (χ0v) is 10.4. The fourth-order valence-electron chi connectivity index (χ4n) is 1.88. The van der Waals surface area contributed by atoms with Gasteiger partial charge in [-0.05, 0) is 12.1 Å². The monoisotopic (exact) mass is 265 g/mol. The number of carbonyl (C=O) groups is 2. The molecule has 0 saturated carbocycles. The van der Waals surface area contributed by atoms with Gasteiger partial charge in [-0.1, -0.05) is 0 Å². The number of hydrogen-bond acceptors (Lipinski definition) is 4. The summed E-state index contributed by atoms with van der Waals surface area (Å²) in [5, 5.41) is 15.6. The van der Waals surface area contributed by atoms with Crippen molar-refractivity contribution in [3.05, 3.63) is 24.0 Å². The molecule has 1 fully saturated rings. The Balaban J connectivity index is 1.93. The zero-order valence-electron chi connectivity index (χ0n) is 10.4. The Hall–Kier alpha value is -2.15. The number of carbonyl (C=O) groups excluding carboxylic acids is 1. The lowest BCUT2D eigenvalue weighted by molar-refractivity contribution is -0.142. The summed E-state index contributed by atoms with van der Waals surface area (Å²) in [5.41, 5.74) is 0.785. The van der Waals surface area contributed by atoms with Crippen LogP contribution in [-0.4, -0.2) is 46.0 Å². The third kappa shape index (κ3) is 3.19. The highest BCUT2D eigenvalue weighted by molar-refractivity contribution is 5.92. The number of carboxylic acids is 1. The minimum atomic E-state index is -0.960. The molecular weight excluding hydrogens is 250 g/mol. The van der Waals surface area contributed by atoms with E-state index in [0.29, 0.717) is 0 Å². The lowest BCUT2D eigenvalue weighted by Gasteiger charge is -2.13. The summed E-state index contributed by atoms with van der Waals surface area (Å²) in [6.45, 7) is 0.355. The van der Waals surface area contributed by atoms with Crippen molar-refractivity contribution < 1.29 is 19.4 Å². The number of nitrogens with one attached hydrogen (secondary N) is 1. The first-order valence-corrected chi connectivity index (χ1v) is 5.85. The lowest BCUT2D eigenvalue weighted by atomic mass is 10.0. The van der Waals surface area contributed by atoms with Crippen molar-refractivity contribution in [1.82, 2.24) is 15.1 Å². The molecular formula is C12H15N3O4. The number of amides is 1. The Morgan fingerprint density at radius 1 is 1.58 bits per heavy atom. The van der Waals surface area contributed by atoms with Crippen molar-refractivity contribution in [2.24, 2.45) is 13.0 Å². The van der Waals surface area contributed by atoms with Gasteiger partial charge in [0.25, 0.3) is 0 Å². The van der Waals surface area contributed by atoms with Gasteiger partial charge in [0.1, 0.15) is 5.92 Å². The second kappa shape index (κ2) is 5.66. The van der Waals surface area contributed by atoms with Crippen molar-refractivity contribution >= 4 is 18.0 Å². The summed E-state index contributed by atoms with van der Waals surface area (Å²) in [6.07, 6.45) is 4.60. The third-order valence-corrected chi connectivity index (χ3v) is 2.99. The molecule has 2 unspecified atom stereocenters. The second-order valence-electron chi connectivity index (χ2n) is 4.31. The lowest BCUT2D eigenvalue weighted by Crippen LogP contribution is -2.41. The first-order chi connectivity index (χ1) is 9.08. The molecule has 7 heteroatoms. The zero-order chi connectivity index (χ0) is 13.8. The van der Waals surface area contributed by atoms with Crippen molar-refractivity contribution in [2.45, 2.75) is 6.04 Å². The van der Waals surface area contributed by atoms with Gasteiger partial charge in [-0.3, -0.25) is 14.3 Å². The fraction of sp³-hybridized carbons (Fsp3) is 0.417. The minimum absolute atomic E-state index is 0.131. The van der Waals surface area contributed by atoms with Gasteiger partial charge in [0.15, 0.2) is 0 Å². The van der Waals surface area contributed by atoms with Gasteiger partial charge in [-0.2, -0.15) is 5.10 Å². The summed E-state index contributed by atoms with van der Waals surface area (Å²) in [6, 6.07) is 1.28. The molecule has 1 aliphatic rings. The van der Waals surface area contributed by atoms with E-state index >= 15 is 0 Å². The predicted octanol–water partition coefficient (Wildman–Crippen LogP) is -0.351. The second-order valence-corrected chi connectivity index (χ2v) is 4.31. The maximum Gasteiger partial charge on any atom is 0.311 e. The molecule has 1 saturated heterocycles. The maximum absolute atomic E-state index is 11.7.